The molecule has 0 aromatic heterocycles. The van der Waals surface area contributed by atoms with E-state index >= 15 is 0 Å². The largest absolute Gasteiger partial charge is 0.394 e. The Morgan fingerprint density at radius 2 is 2.18 bits per heavy atom. The van der Waals surface area contributed by atoms with Crippen LogP contribution >= 0.6 is 0 Å². The Morgan fingerprint density at radius 1 is 1.47 bits per heavy atom. The van der Waals surface area contributed by atoms with Crippen LogP contribution in [0.5, 0.6) is 0 Å². The summed E-state index contributed by atoms with van der Waals surface area (Å²) < 4.78 is 0. The van der Waals surface area contributed by atoms with Crippen LogP contribution in [0.1, 0.15) is 24.5 Å². The molecule has 0 saturated heterocycles. The van der Waals surface area contributed by atoms with Gasteiger partial charge in [0, 0.05) is 13.5 Å². The van der Waals surface area contributed by atoms with E-state index in [1.807, 2.05) is 32.0 Å². The van der Waals surface area contributed by atoms with Gasteiger partial charge in [-0.3, -0.25) is 4.79 Å². The fourth-order valence-corrected chi connectivity index (χ4v) is 1.66. The van der Waals surface area contributed by atoms with Gasteiger partial charge in [-0.25, -0.2) is 0 Å². The van der Waals surface area contributed by atoms with Crippen molar-refractivity contribution in [2.75, 3.05) is 13.7 Å². The van der Waals surface area contributed by atoms with E-state index in [1.54, 1.807) is 11.9 Å². The molecule has 0 aliphatic rings. The lowest BCUT2D eigenvalue weighted by Gasteiger charge is -2.23. The topological polar surface area (TPSA) is 40.5 Å². The Hall–Kier alpha value is -1.35. The van der Waals surface area contributed by atoms with Crippen LogP contribution in [0.15, 0.2) is 24.3 Å². The van der Waals surface area contributed by atoms with E-state index in [0.717, 1.165) is 6.42 Å². The zero-order valence-corrected chi connectivity index (χ0v) is 10.8. The molecule has 0 saturated carbocycles. The molecule has 1 N–H and O–H groups in total. The van der Waals surface area contributed by atoms with Crippen molar-refractivity contribution >= 4 is 5.91 Å². The highest BCUT2D eigenvalue weighted by atomic mass is 16.3. The molecule has 1 amide bonds. The van der Waals surface area contributed by atoms with Gasteiger partial charge < -0.3 is 10.0 Å². The molecular weight excluding hydrogens is 214 g/mol. The van der Waals surface area contributed by atoms with E-state index < -0.39 is 0 Å². The number of likely N-dealkylation sites (N-methyl/N-ethyl adjacent to an activating group) is 1. The minimum Gasteiger partial charge on any atom is -0.394 e. The molecule has 0 radical (unpaired) electrons. The summed E-state index contributed by atoms with van der Waals surface area (Å²) >= 11 is 0. The number of aryl methyl sites for hydroxylation is 2. The molecule has 0 heterocycles. The van der Waals surface area contributed by atoms with Crippen molar-refractivity contribution in [1.29, 1.82) is 0 Å². The number of hydrogen-bond donors (Lipinski definition) is 1. The summed E-state index contributed by atoms with van der Waals surface area (Å²) in [7, 11) is 1.74. The van der Waals surface area contributed by atoms with Crippen molar-refractivity contribution in [2.45, 2.75) is 32.7 Å². The van der Waals surface area contributed by atoms with Gasteiger partial charge in [0.2, 0.25) is 5.91 Å². The molecular formula is C14H21NO2. The number of carbonyl (C=O) groups excluding carboxylic acids is 1. The summed E-state index contributed by atoms with van der Waals surface area (Å²) in [5, 5.41) is 8.98. The Balaban J connectivity index is 2.48. The van der Waals surface area contributed by atoms with E-state index in [4.69, 9.17) is 5.11 Å². The SMILES string of the molecule is Cc1cccc(CCC(=O)N(C)C(C)CO)c1. The van der Waals surface area contributed by atoms with Gasteiger partial charge >= 0.3 is 0 Å². The average molecular weight is 235 g/mol. The third-order valence-electron chi connectivity index (χ3n) is 3.03. The number of benzene rings is 1. The van der Waals surface area contributed by atoms with Crippen LogP contribution in [0, 0.1) is 6.92 Å². The second-order valence-electron chi connectivity index (χ2n) is 4.53. The molecule has 3 heteroatoms. The number of amides is 1. The molecule has 1 aromatic carbocycles. The lowest BCUT2D eigenvalue weighted by Crippen LogP contribution is -2.37. The first kappa shape index (κ1) is 13.7. The fourth-order valence-electron chi connectivity index (χ4n) is 1.66. The van der Waals surface area contributed by atoms with Crippen molar-refractivity contribution in [1.82, 2.24) is 4.90 Å². The third-order valence-corrected chi connectivity index (χ3v) is 3.03. The van der Waals surface area contributed by atoms with E-state index in [9.17, 15) is 4.79 Å². The molecule has 1 unspecified atom stereocenters. The molecule has 0 fully saturated rings. The number of aliphatic hydroxyl groups excluding tert-OH is 1. The normalized spacial score (nSPS) is 12.2. The third kappa shape index (κ3) is 4.19. The van der Waals surface area contributed by atoms with Crippen molar-refractivity contribution in [3.05, 3.63) is 35.4 Å². The maximum absolute atomic E-state index is 11.8. The monoisotopic (exact) mass is 235 g/mol. The van der Waals surface area contributed by atoms with Crippen LogP contribution < -0.4 is 0 Å². The number of nitrogens with zero attached hydrogens (tertiary/aromatic N) is 1. The molecule has 94 valence electrons. The number of rotatable bonds is 5. The van der Waals surface area contributed by atoms with Gasteiger partial charge in [-0.15, -0.1) is 0 Å². The van der Waals surface area contributed by atoms with Gasteiger partial charge in [-0.1, -0.05) is 29.8 Å². The van der Waals surface area contributed by atoms with Crippen molar-refractivity contribution < 1.29 is 9.90 Å². The smallest absolute Gasteiger partial charge is 0.222 e. The van der Waals surface area contributed by atoms with Crippen LogP contribution in [0.2, 0.25) is 0 Å². The molecule has 0 spiro atoms. The number of hydrogen-bond acceptors (Lipinski definition) is 2. The van der Waals surface area contributed by atoms with Gasteiger partial charge in [-0.05, 0) is 25.8 Å². The van der Waals surface area contributed by atoms with E-state index in [1.165, 1.54) is 11.1 Å². The van der Waals surface area contributed by atoms with Crippen molar-refractivity contribution in [3.63, 3.8) is 0 Å². The average Bonchev–Trinajstić information content (AvgIpc) is 2.34. The minimum absolute atomic E-state index is 0.00663. The Labute approximate surface area is 103 Å². The van der Waals surface area contributed by atoms with Crippen molar-refractivity contribution in [2.24, 2.45) is 0 Å². The molecule has 1 atom stereocenters. The molecule has 1 rings (SSSR count). The van der Waals surface area contributed by atoms with Crippen LogP contribution in [-0.2, 0) is 11.2 Å². The Bertz CT molecular complexity index is 376. The molecule has 0 aliphatic carbocycles. The number of carbonyl (C=O) groups is 1. The molecule has 3 nitrogen and oxygen atoms in total. The second-order valence-corrected chi connectivity index (χ2v) is 4.53. The summed E-state index contributed by atoms with van der Waals surface area (Å²) in [5.41, 5.74) is 2.40. The summed E-state index contributed by atoms with van der Waals surface area (Å²) in [5.74, 6) is 0.0769. The van der Waals surface area contributed by atoms with E-state index in [0.29, 0.717) is 6.42 Å². The standard InChI is InChI=1S/C14H21NO2/c1-11-5-4-6-13(9-11)7-8-14(17)15(3)12(2)10-16/h4-6,9,12,16H,7-8,10H2,1-3H3. The van der Waals surface area contributed by atoms with Gasteiger partial charge in [0.1, 0.15) is 0 Å². The van der Waals surface area contributed by atoms with Gasteiger partial charge in [0.25, 0.3) is 0 Å². The Kier molecular flexibility index (Phi) is 5.16. The van der Waals surface area contributed by atoms with Gasteiger partial charge in [0.05, 0.1) is 12.6 Å². The first-order valence-corrected chi connectivity index (χ1v) is 5.96. The van der Waals surface area contributed by atoms with Crippen LogP contribution in [0.25, 0.3) is 0 Å². The number of aliphatic hydroxyl groups is 1. The van der Waals surface area contributed by atoms with Crippen molar-refractivity contribution in [3.8, 4) is 0 Å². The molecule has 17 heavy (non-hydrogen) atoms. The quantitative estimate of drug-likeness (QED) is 0.845. The highest BCUT2D eigenvalue weighted by Crippen LogP contribution is 2.08. The zero-order valence-electron chi connectivity index (χ0n) is 10.8. The molecule has 0 bridgehead atoms. The van der Waals surface area contributed by atoms with E-state index in [-0.39, 0.29) is 18.6 Å². The van der Waals surface area contributed by atoms with Gasteiger partial charge in [-0.2, -0.15) is 0 Å². The van der Waals surface area contributed by atoms with E-state index in [2.05, 4.69) is 6.07 Å². The fraction of sp³-hybridized carbons (Fsp3) is 0.500. The van der Waals surface area contributed by atoms with Gasteiger partial charge in [0.15, 0.2) is 0 Å². The summed E-state index contributed by atoms with van der Waals surface area (Å²) in [4.78, 5) is 13.4. The molecule has 0 aliphatic heterocycles. The maximum atomic E-state index is 11.8. The summed E-state index contributed by atoms with van der Waals surface area (Å²) in [6.07, 6.45) is 1.24. The highest BCUT2D eigenvalue weighted by Gasteiger charge is 2.14. The predicted molar refractivity (Wildman–Crippen MR) is 68.8 cm³/mol. The lowest BCUT2D eigenvalue weighted by molar-refractivity contribution is -0.132. The predicted octanol–water partition coefficient (Wildman–Crippen LogP) is 1.77. The first-order chi connectivity index (χ1) is 8.04. The lowest BCUT2D eigenvalue weighted by atomic mass is 10.1. The summed E-state index contributed by atoms with van der Waals surface area (Å²) in [6.45, 7) is 3.89. The molecule has 1 aromatic rings. The van der Waals surface area contributed by atoms with Crippen LogP contribution in [0.3, 0.4) is 0 Å². The first-order valence-electron chi connectivity index (χ1n) is 5.96. The minimum atomic E-state index is -0.111. The Morgan fingerprint density at radius 3 is 2.76 bits per heavy atom. The highest BCUT2D eigenvalue weighted by molar-refractivity contribution is 5.76. The van der Waals surface area contributed by atoms with Crippen LogP contribution in [0.4, 0.5) is 0 Å². The maximum Gasteiger partial charge on any atom is 0.222 e. The van der Waals surface area contributed by atoms with Crippen LogP contribution in [-0.4, -0.2) is 35.6 Å². The zero-order chi connectivity index (χ0) is 12.8. The summed E-state index contributed by atoms with van der Waals surface area (Å²) in [6, 6.07) is 8.08. The second kappa shape index (κ2) is 6.40.